The first-order valence-corrected chi connectivity index (χ1v) is 8.30. The van der Waals surface area contributed by atoms with Crippen LogP contribution in [0.15, 0.2) is 54.7 Å². The Morgan fingerprint density at radius 1 is 1.08 bits per heavy atom. The number of nitrogens with one attached hydrogen (secondary N) is 3. The Hall–Kier alpha value is -2.92. The fourth-order valence-electron chi connectivity index (χ4n) is 2.78. The highest BCUT2D eigenvalue weighted by atomic mass is 16.2. The van der Waals surface area contributed by atoms with Crippen molar-refractivity contribution in [1.82, 2.24) is 10.3 Å². The molecule has 0 aliphatic heterocycles. The summed E-state index contributed by atoms with van der Waals surface area (Å²) in [6.07, 6.45) is 2.86. The SMILES string of the molecule is CC(=O)c1cccc(NC(=O)CNCCc2c[nH]c3ccccc23)c1. The molecule has 0 saturated carbocycles. The summed E-state index contributed by atoms with van der Waals surface area (Å²) in [4.78, 5) is 26.6. The molecule has 0 aliphatic carbocycles. The van der Waals surface area contributed by atoms with E-state index >= 15 is 0 Å². The van der Waals surface area contributed by atoms with Gasteiger partial charge in [0.25, 0.3) is 0 Å². The molecule has 0 spiro atoms. The van der Waals surface area contributed by atoms with E-state index in [4.69, 9.17) is 0 Å². The van der Waals surface area contributed by atoms with Gasteiger partial charge in [0.15, 0.2) is 5.78 Å². The average Bonchev–Trinajstić information content (AvgIpc) is 3.02. The van der Waals surface area contributed by atoms with Crippen molar-refractivity contribution in [3.63, 3.8) is 0 Å². The molecular formula is C20H21N3O2. The third-order valence-electron chi connectivity index (χ3n) is 4.08. The number of para-hydroxylation sites is 1. The fourth-order valence-corrected chi connectivity index (χ4v) is 2.78. The summed E-state index contributed by atoms with van der Waals surface area (Å²) < 4.78 is 0. The van der Waals surface area contributed by atoms with Gasteiger partial charge >= 0.3 is 0 Å². The normalized spacial score (nSPS) is 10.8. The molecule has 0 aliphatic rings. The summed E-state index contributed by atoms with van der Waals surface area (Å²) in [5.41, 5.74) is 3.58. The number of fused-ring (bicyclic) bond motifs is 1. The highest BCUT2D eigenvalue weighted by Crippen LogP contribution is 2.17. The first-order chi connectivity index (χ1) is 12.1. The lowest BCUT2D eigenvalue weighted by molar-refractivity contribution is -0.115. The third-order valence-corrected chi connectivity index (χ3v) is 4.08. The highest BCUT2D eigenvalue weighted by Gasteiger charge is 2.06. The van der Waals surface area contributed by atoms with E-state index < -0.39 is 0 Å². The minimum atomic E-state index is -0.125. The zero-order chi connectivity index (χ0) is 17.6. The van der Waals surface area contributed by atoms with Crippen LogP contribution in [-0.2, 0) is 11.2 Å². The van der Waals surface area contributed by atoms with Crippen LogP contribution in [0.4, 0.5) is 5.69 Å². The third kappa shape index (κ3) is 4.33. The van der Waals surface area contributed by atoms with Gasteiger partial charge in [-0.3, -0.25) is 9.59 Å². The number of H-pyrrole nitrogens is 1. The van der Waals surface area contributed by atoms with Gasteiger partial charge in [-0.2, -0.15) is 0 Å². The second-order valence-electron chi connectivity index (χ2n) is 5.97. The van der Waals surface area contributed by atoms with E-state index in [1.165, 1.54) is 17.9 Å². The second kappa shape index (κ2) is 7.77. The highest BCUT2D eigenvalue weighted by molar-refractivity contribution is 5.97. The molecule has 128 valence electrons. The van der Waals surface area contributed by atoms with E-state index in [1.807, 2.05) is 18.3 Å². The minimum absolute atomic E-state index is 0.0204. The number of carbonyl (C=O) groups is 2. The number of anilines is 1. The summed E-state index contributed by atoms with van der Waals surface area (Å²) in [7, 11) is 0. The standard InChI is InChI=1S/C20H21N3O2/c1-14(24)15-5-4-6-17(11-15)23-20(25)13-21-10-9-16-12-22-19-8-3-2-7-18(16)19/h2-8,11-12,21-22H,9-10,13H2,1H3,(H,23,25). The van der Waals surface area contributed by atoms with Crippen molar-refractivity contribution in [2.75, 3.05) is 18.4 Å². The van der Waals surface area contributed by atoms with Crippen molar-refractivity contribution in [3.8, 4) is 0 Å². The molecule has 0 radical (unpaired) electrons. The number of aromatic amines is 1. The number of rotatable bonds is 7. The molecule has 25 heavy (non-hydrogen) atoms. The first kappa shape index (κ1) is 16.9. The molecule has 2 aromatic carbocycles. The lowest BCUT2D eigenvalue weighted by Crippen LogP contribution is -2.29. The van der Waals surface area contributed by atoms with Crippen LogP contribution in [0.2, 0.25) is 0 Å². The largest absolute Gasteiger partial charge is 0.361 e. The van der Waals surface area contributed by atoms with Crippen LogP contribution in [0.25, 0.3) is 10.9 Å². The van der Waals surface area contributed by atoms with Crippen molar-refractivity contribution in [2.24, 2.45) is 0 Å². The van der Waals surface area contributed by atoms with Crippen LogP contribution in [0, 0.1) is 0 Å². The van der Waals surface area contributed by atoms with E-state index in [-0.39, 0.29) is 18.2 Å². The van der Waals surface area contributed by atoms with E-state index in [2.05, 4.69) is 27.8 Å². The summed E-state index contributed by atoms with van der Waals surface area (Å²) in [6.45, 7) is 2.45. The predicted octanol–water partition coefficient (Wildman–Crippen LogP) is 3.14. The Bertz CT molecular complexity index is 899. The first-order valence-electron chi connectivity index (χ1n) is 8.30. The number of ketones is 1. The number of aromatic nitrogens is 1. The van der Waals surface area contributed by atoms with Gasteiger partial charge in [-0.1, -0.05) is 30.3 Å². The number of hydrogen-bond donors (Lipinski definition) is 3. The van der Waals surface area contributed by atoms with Gasteiger partial charge in [0.2, 0.25) is 5.91 Å². The molecule has 3 aromatic rings. The summed E-state index contributed by atoms with van der Waals surface area (Å²) in [5.74, 6) is -0.146. The zero-order valence-electron chi connectivity index (χ0n) is 14.1. The van der Waals surface area contributed by atoms with Gasteiger partial charge in [0.1, 0.15) is 0 Å². The molecule has 1 amide bonds. The number of amides is 1. The Morgan fingerprint density at radius 2 is 1.92 bits per heavy atom. The average molecular weight is 335 g/mol. The molecule has 1 heterocycles. The molecule has 0 bridgehead atoms. The number of carbonyl (C=O) groups excluding carboxylic acids is 2. The van der Waals surface area contributed by atoms with Gasteiger partial charge in [0, 0.05) is 28.4 Å². The molecule has 1 aromatic heterocycles. The quantitative estimate of drug-likeness (QED) is 0.459. The molecule has 3 rings (SSSR count). The summed E-state index contributed by atoms with van der Waals surface area (Å²) in [6, 6.07) is 15.1. The number of hydrogen-bond acceptors (Lipinski definition) is 3. The lowest BCUT2D eigenvalue weighted by atomic mass is 10.1. The number of benzene rings is 2. The fraction of sp³-hybridized carbons (Fsp3) is 0.200. The van der Waals surface area contributed by atoms with Crippen LogP contribution >= 0.6 is 0 Å². The molecule has 3 N–H and O–H groups in total. The van der Waals surface area contributed by atoms with Crippen LogP contribution in [0.1, 0.15) is 22.8 Å². The molecule has 0 fully saturated rings. The maximum Gasteiger partial charge on any atom is 0.238 e. The van der Waals surface area contributed by atoms with Crippen LogP contribution < -0.4 is 10.6 Å². The topological polar surface area (TPSA) is 74.0 Å². The summed E-state index contributed by atoms with van der Waals surface area (Å²) in [5, 5.41) is 7.17. The molecule has 5 nitrogen and oxygen atoms in total. The Kier molecular flexibility index (Phi) is 5.26. The van der Waals surface area contributed by atoms with Crippen molar-refractivity contribution in [1.29, 1.82) is 0 Å². The van der Waals surface area contributed by atoms with Crippen LogP contribution in [-0.4, -0.2) is 29.8 Å². The predicted molar refractivity (Wildman–Crippen MR) is 99.9 cm³/mol. The van der Waals surface area contributed by atoms with Crippen molar-refractivity contribution < 1.29 is 9.59 Å². The van der Waals surface area contributed by atoms with Crippen molar-refractivity contribution >= 4 is 28.3 Å². The number of Topliss-reactive ketones (excluding diaryl/α,β-unsaturated/α-hetero) is 1. The summed E-state index contributed by atoms with van der Waals surface area (Å²) >= 11 is 0. The van der Waals surface area contributed by atoms with Crippen LogP contribution in [0.5, 0.6) is 0 Å². The molecule has 0 atom stereocenters. The van der Waals surface area contributed by atoms with Gasteiger partial charge in [-0.25, -0.2) is 0 Å². The Morgan fingerprint density at radius 3 is 2.76 bits per heavy atom. The smallest absolute Gasteiger partial charge is 0.238 e. The molecule has 0 unspecified atom stereocenters. The lowest BCUT2D eigenvalue weighted by Gasteiger charge is -2.07. The van der Waals surface area contributed by atoms with E-state index in [0.29, 0.717) is 17.8 Å². The Labute approximate surface area is 146 Å². The van der Waals surface area contributed by atoms with Crippen LogP contribution in [0.3, 0.4) is 0 Å². The maximum atomic E-state index is 12.0. The van der Waals surface area contributed by atoms with E-state index in [0.717, 1.165) is 11.9 Å². The van der Waals surface area contributed by atoms with E-state index in [9.17, 15) is 9.59 Å². The van der Waals surface area contributed by atoms with Gasteiger partial charge < -0.3 is 15.6 Å². The zero-order valence-corrected chi connectivity index (χ0v) is 14.1. The van der Waals surface area contributed by atoms with Gasteiger partial charge in [0.05, 0.1) is 6.54 Å². The van der Waals surface area contributed by atoms with Gasteiger partial charge in [-0.15, -0.1) is 0 Å². The second-order valence-corrected chi connectivity index (χ2v) is 5.97. The minimum Gasteiger partial charge on any atom is -0.361 e. The monoisotopic (exact) mass is 335 g/mol. The maximum absolute atomic E-state index is 12.0. The Balaban J connectivity index is 1.46. The molecule has 0 saturated heterocycles. The molecule has 5 heteroatoms. The van der Waals surface area contributed by atoms with Crippen molar-refractivity contribution in [3.05, 3.63) is 65.9 Å². The van der Waals surface area contributed by atoms with Gasteiger partial charge in [-0.05, 0) is 43.7 Å². The van der Waals surface area contributed by atoms with Crippen molar-refractivity contribution in [2.45, 2.75) is 13.3 Å². The van der Waals surface area contributed by atoms with E-state index in [1.54, 1.807) is 24.3 Å². The molecular weight excluding hydrogens is 314 g/mol.